The topological polar surface area (TPSA) is 85.3 Å². The Bertz CT molecular complexity index is 443. The van der Waals surface area contributed by atoms with Gasteiger partial charge in [-0.05, 0) is 24.8 Å². The molecule has 1 aromatic heterocycles. The van der Waals surface area contributed by atoms with E-state index in [1.165, 1.54) is 31.2 Å². The van der Waals surface area contributed by atoms with Crippen LogP contribution in [0.1, 0.15) is 36.0 Å². The molecule has 5 heteroatoms. The van der Waals surface area contributed by atoms with Crippen molar-refractivity contribution in [3.8, 4) is 0 Å². The maximum Gasteiger partial charge on any atom is 0.335 e. The first kappa shape index (κ1) is 12.8. The van der Waals surface area contributed by atoms with Gasteiger partial charge in [0.25, 0.3) is 5.91 Å². The molecule has 0 aromatic carbocycles. The SMILES string of the molecule is NCC(NC(=O)c1ccc(=O)oc1)C1CCCC1. The zero-order chi connectivity index (χ0) is 13.0. The summed E-state index contributed by atoms with van der Waals surface area (Å²) in [6.07, 6.45) is 5.83. The molecule has 5 nitrogen and oxygen atoms in total. The summed E-state index contributed by atoms with van der Waals surface area (Å²) in [7, 11) is 0. The van der Waals surface area contributed by atoms with E-state index in [4.69, 9.17) is 5.73 Å². The van der Waals surface area contributed by atoms with Gasteiger partial charge in [0.05, 0.1) is 5.56 Å². The molecule has 1 heterocycles. The molecule has 0 bridgehead atoms. The fourth-order valence-electron chi connectivity index (χ4n) is 2.47. The lowest BCUT2D eigenvalue weighted by molar-refractivity contribution is 0.0921. The largest absolute Gasteiger partial charge is 0.430 e. The van der Waals surface area contributed by atoms with Crippen molar-refractivity contribution >= 4 is 5.91 Å². The summed E-state index contributed by atoms with van der Waals surface area (Å²) in [5, 5.41) is 2.92. The summed E-state index contributed by atoms with van der Waals surface area (Å²) in [5.41, 5.74) is 5.61. The van der Waals surface area contributed by atoms with E-state index < -0.39 is 5.63 Å². The number of carbonyl (C=O) groups is 1. The Morgan fingerprint density at radius 1 is 1.44 bits per heavy atom. The van der Waals surface area contributed by atoms with Crippen LogP contribution in [0.5, 0.6) is 0 Å². The van der Waals surface area contributed by atoms with Gasteiger partial charge in [-0.2, -0.15) is 0 Å². The quantitative estimate of drug-likeness (QED) is 0.831. The second kappa shape index (κ2) is 5.82. The lowest BCUT2D eigenvalue weighted by Crippen LogP contribution is -2.44. The van der Waals surface area contributed by atoms with Gasteiger partial charge < -0.3 is 15.5 Å². The molecule has 98 valence electrons. The molecule has 2 rings (SSSR count). The minimum absolute atomic E-state index is 0.00641. The highest BCUT2D eigenvalue weighted by Crippen LogP contribution is 2.27. The van der Waals surface area contributed by atoms with Gasteiger partial charge in [0.1, 0.15) is 6.26 Å². The van der Waals surface area contributed by atoms with Crippen molar-refractivity contribution in [3.63, 3.8) is 0 Å². The normalized spacial score (nSPS) is 17.6. The monoisotopic (exact) mass is 250 g/mol. The maximum absolute atomic E-state index is 12.0. The van der Waals surface area contributed by atoms with Gasteiger partial charge in [0.2, 0.25) is 0 Å². The van der Waals surface area contributed by atoms with Gasteiger partial charge in [0.15, 0.2) is 0 Å². The van der Waals surface area contributed by atoms with Crippen LogP contribution in [0, 0.1) is 5.92 Å². The fraction of sp³-hybridized carbons (Fsp3) is 0.538. The number of nitrogens with one attached hydrogen (secondary N) is 1. The van der Waals surface area contributed by atoms with Crippen LogP contribution in [0.4, 0.5) is 0 Å². The lowest BCUT2D eigenvalue weighted by atomic mass is 9.98. The Balaban J connectivity index is 2.00. The van der Waals surface area contributed by atoms with Crippen molar-refractivity contribution in [1.82, 2.24) is 5.32 Å². The van der Waals surface area contributed by atoms with E-state index in [0.717, 1.165) is 12.8 Å². The summed E-state index contributed by atoms with van der Waals surface area (Å²) < 4.78 is 4.67. The highest BCUT2D eigenvalue weighted by molar-refractivity contribution is 5.93. The summed E-state index contributed by atoms with van der Waals surface area (Å²) in [4.78, 5) is 22.8. The third-order valence-electron chi connectivity index (χ3n) is 3.50. The standard InChI is InChI=1S/C13H18N2O3/c14-7-11(9-3-1-2-4-9)15-13(17)10-5-6-12(16)18-8-10/h5-6,8-9,11H,1-4,7,14H2,(H,15,17). The van der Waals surface area contributed by atoms with E-state index in [1.807, 2.05) is 0 Å². The number of hydrogen-bond acceptors (Lipinski definition) is 4. The van der Waals surface area contributed by atoms with Crippen LogP contribution >= 0.6 is 0 Å². The molecule has 0 radical (unpaired) electrons. The number of amides is 1. The molecule has 18 heavy (non-hydrogen) atoms. The molecule has 0 saturated heterocycles. The van der Waals surface area contributed by atoms with Gasteiger partial charge in [-0.3, -0.25) is 4.79 Å². The number of rotatable bonds is 4. The van der Waals surface area contributed by atoms with Crippen LogP contribution in [0.2, 0.25) is 0 Å². The van der Waals surface area contributed by atoms with Crippen molar-refractivity contribution < 1.29 is 9.21 Å². The van der Waals surface area contributed by atoms with Gasteiger partial charge in [-0.25, -0.2) is 4.79 Å². The molecule has 3 N–H and O–H groups in total. The summed E-state index contributed by atoms with van der Waals surface area (Å²) in [5.74, 6) is 0.232. The fourth-order valence-corrected chi connectivity index (χ4v) is 2.47. The van der Waals surface area contributed by atoms with Crippen molar-refractivity contribution in [3.05, 3.63) is 34.4 Å². The predicted molar refractivity (Wildman–Crippen MR) is 67.2 cm³/mol. The van der Waals surface area contributed by atoms with E-state index in [2.05, 4.69) is 9.73 Å². The molecule has 1 fully saturated rings. The summed E-state index contributed by atoms with van der Waals surface area (Å²) >= 11 is 0. The van der Waals surface area contributed by atoms with Crippen molar-refractivity contribution in [1.29, 1.82) is 0 Å². The Hall–Kier alpha value is -1.62. The van der Waals surface area contributed by atoms with Gasteiger partial charge >= 0.3 is 5.63 Å². The molecule has 1 aromatic rings. The van der Waals surface area contributed by atoms with E-state index in [9.17, 15) is 9.59 Å². The molecule has 0 aliphatic heterocycles. The first-order valence-corrected chi connectivity index (χ1v) is 6.30. The zero-order valence-electron chi connectivity index (χ0n) is 10.2. The Morgan fingerprint density at radius 3 is 2.72 bits per heavy atom. The second-order valence-corrected chi connectivity index (χ2v) is 4.70. The van der Waals surface area contributed by atoms with Crippen molar-refractivity contribution in [2.75, 3.05) is 6.54 Å². The molecule has 1 saturated carbocycles. The zero-order valence-corrected chi connectivity index (χ0v) is 10.2. The first-order valence-electron chi connectivity index (χ1n) is 6.30. The van der Waals surface area contributed by atoms with Crippen LogP contribution < -0.4 is 16.7 Å². The number of carbonyl (C=O) groups excluding carboxylic acids is 1. The second-order valence-electron chi connectivity index (χ2n) is 4.70. The van der Waals surface area contributed by atoms with Gasteiger partial charge in [-0.15, -0.1) is 0 Å². The highest BCUT2D eigenvalue weighted by atomic mass is 16.4. The average Bonchev–Trinajstić information content (AvgIpc) is 2.90. The van der Waals surface area contributed by atoms with Crippen LogP contribution in [0.3, 0.4) is 0 Å². The maximum atomic E-state index is 12.0. The molecular weight excluding hydrogens is 232 g/mol. The van der Waals surface area contributed by atoms with Crippen molar-refractivity contribution in [2.24, 2.45) is 11.7 Å². The van der Waals surface area contributed by atoms with E-state index >= 15 is 0 Å². The van der Waals surface area contributed by atoms with Crippen LogP contribution in [-0.2, 0) is 0 Å². The van der Waals surface area contributed by atoms with Crippen LogP contribution in [0.15, 0.2) is 27.6 Å². The van der Waals surface area contributed by atoms with E-state index in [0.29, 0.717) is 18.0 Å². The molecule has 0 spiro atoms. The molecule has 1 atom stereocenters. The van der Waals surface area contributed by atoms with Gasteiger partial charge in [-0.1, -0.05) is 12.8 Å². The average molecular weight is 250 g/mol. The summed E-state index contributed by atoms with van der Waals surface area (Å²) in [6.45, 7) is 0.438. The summed E-state index contributed by atoms with van der Waals surface area (Å²) in [6, 6.07) is 2.71. The molecule has 1 aliphatic rings. The van der Waals surface area contributed by atoms with E-state index in [1.54, 1.807) is 0 Å². The minimum atomic E-state index is -0.460. The Labute approximate surface area is 105 Å². The van der Waals surface area contributed by atoms with Crippen LogP contribution in [0.25, 0.3) is 0 Å². The van der Waals surface area contributed by atoms with E-state index in [-0.39, 0.29) is 11.9 Å². The first-order chi connectivity index (χ1) is 8.70. The van der Waals surface area contributed by atoms with Gasteiger partial charge in [0, 0.05) is 18.7 Å². The third kappa shape index (κ3) is 2.98. The molecule has 1 amide bonds. The lowest BCUT2D eigenvalue weighted by Gasteiger charge is -2.22. The smallest absolute Gasteiger partial charge is 0.335 e. The Morgan fingerprint density at radius 2 is 2.17 bits per heavy atom. The highest BCUT2D eigenvalue weighted by Gasteiger charge is 2.25. The Kier molecular flexibility index (Phi) is 4.15. The molecule has 1 aliphatic carbocycles. The predicted octanol–water partition coefficient (Wildman–Crippen LogP) is 0.887. The van der Waals surface area contributed by atoms with Crippen LogP contribution in [-0.4, -0.2) is 18.5 Å². The minimum Gasteiger partial charge on any atom is -0.430 e. The van der Waals surface area contributed by atoms with Crippen molar-refractivity contribution in [2.45, 2.75) is 31.7 Å². The number of nitrogens with two attached hydrogens (primary N) is 1. The molecular formula is C13H18N2O3. The third-order valence-corrected chi connectivity index (χ3v) is 3.50. The molecule has 1 unspecified atom stereocenters. The number of hydrogen-bond donors (Lipinski definition) is 2.